The molecule has 0 aromatic heterocycles. The molecule has 3 heteroatoms. The third-order valence-electron chi connectivity index (χ3n) is 2.60. The summed E-state index contributed by atoms with van der Waals surface area (Å²) in [7, 11) is 3.69. The molecule has 0 radical (unpaired) electrons. The minimum Gasteiger partial charge on any atom is -0.344 e. The van der Waals surface area contributed by atoms with Gasteiger partial charge in [0.1, 0.15) is 0 Å². The Balaban J connectivity index is 3.99. The first-order chi connectivity index (χ1) is 6.45. The number of carbonyl (C=O) groups is 1. The maximum atomic E-state index is 11.9. The molecule has 0 unspecified atom stereocenters. The van der Waals surface area contributed by atoms with Gasteiger partial charge in [-0.05, 0) is 27.3 Å². The molecule has 0 spiro atoms. The van der Waals surface area contributed by atoms with Crippen molar-refractivity contribution >= 4 is 5.91 Å². The van der Waals surface area contributed by atoms with Crippen LogP contribution in [-0.4, -0.2) is 37.0 Å². The highest BCUT2D eigenvalue weighted by molar-refractivity contribution is 5.85. The molecule has 0 saturated carbocycles. The van der Waals surface area contributed by atoms with Crippen LogP contribution in [0.1, 0.15) is 40.0 Å². The predicted molar refractivity (Wildman–Crippen MR) is 60.3 cm³/mol. The summed E-state index contributed by atoms with van der Waals surface area (Å²) in [6.07, 6.45) is 3.48. The fourth-order valence-corrected chi connectivity index (χ4v) is 1.28. The normalized spacial score (nSPS) is 11.5. The first kappa shape index (κ1) is 13.4. The van der Waals surface area contributed by atoms with Crippen LogP contribution < -0.4 is 5.32 Å². The summed E-state index contributed by atoms with van der Waals surface area (Å²) in [5, 5.41) is 3.02. The van der Waals surface area contributed by atoms with Crippen molar-refractivity contribution in [3.8, 4) is 0 Å². The van der Waals surface area contributed by atoms with E-state index >= 15 is 0 Å². The first-order valence-corrected chi connectivity index (χ1v) is 5.40. The van der Waals surface area contributed by atoms with Crippen molar-refractivity contribution in [3.63, 3.8) is 0 Å². The second-order valence-corrected chi connectivity index (χ2v) is 4.31. The van der Waals surface area contributed by atoms with E-state index in [0.29, 0.717) is 0 Å². The van der Waals surface area contributed by atoms with Crippen LogP contribution in [0.3, 0.4) is 0 Å². The van der Waals surface area contributed by atoms with E-state index in [9.17, 15) is 4.79 Å². The van der Waals surface area contributed by atoms with Gasteiger partial charge in [-0.3, -0.25) is 4.79 Å². The number of hydrogen-bond donors (Lipinski definition) is 1. The SMILES string of the molecule is CCCCCN(C)C(=O)C(C)(C)NC. The van der Waals surface area contributed by atoms with Gasteiger partial charge in [-0.15, -0.1) is 0 Å². The molecule has 0 rings (SSSR count). The lowest BCUT2D eigenvalue weighted by Crippen LogP contribution is -2.51. The Morgan fingerprint density at radius 3 is 2.36 bits per heavy atom. The molecule has 0 aliphatic heterocycles. The zero-order valence-corrected chi connectivity index (χ0v) is 10.2. The molecule has 0 atom stereocenters. The van der Waals surface area contributed by atoms with Crippen LogP contribution in [0.5, 0.6) is 0 Å². The molecule has 0 heterocycles. The van der Waals surface area contributed by atoms with Gasteiger partial charge < -0.3 is 10.2 Å². The molecule has 0 bridgehead atoms. The van der Waals surface area contributed by atoms with Crippen LogP contribution in [0.25, 0.3) is 0 Å². The molecular weight excluding hydrogens is 176 g/mol. The molecule has 1 amide bonds. The Bertz CT molecular complexity index is 178. The van der Waals surface area contributed by atoms with Crippen molar-refractivity contribution < 1.29 is 4.79 Å². The molecule has 1 N–H and O–H groups in total. The predicted octanol–water partition coefficient (Wildman–Crippen LogP) is 1.63. The van der Waals surface area contributed by atoms with Crippen LogP contribution >= 0.6 is 0 Å². The highest BCUT2D eigenvalue weighted by Gasteiger charge is 2.27. The Hall–Kier alpha value is -0.570. The van der Waals surface area contributed by atoms with Gasteiger partial charge in [-0.2, -0.15) is 0 Å². The summed E-state index contributed by atoms with van der Waals surface area (Å²) in [6, 6.07) is 0. The highest BCUT2D eigenvalue weighted by Crippen LogP contribution is 2.07. The van der Waals surface area contributed by atoms with E-state index in [1.165, 1.54) is 12.8 Å². The van der Waals surface area contributed by atoms with Gasteiger partial charge in [-0.1, -0.05) is 19.8 Å². The van der Waals surface area contributed by atoms with Crippen LogP contribution in [0.2, 0.25) is 0 Å². The van der Waals surface area contributed by atoms with Crippen LogP contribution in [0.15, 0.2) is 0 Å². The van der Waals surface area contributed by atoms with Gasteiger partial charge in [0, 0.05) is 13.6 Å². The Morgan fingerprint density at radius 2 is 1.93 bits per heavy atom. The number of hydrogen-bond acceptors (Lipinski definition) is 2. The second kappa shape index (κ2) is 6.02. The third-order valence-corrected chi connectivity index (χ3v) is 2.60. The average Bonchev–Trinajstić information content (AvgIpc) is 2.17. The quantitative estimate of drug-likeness (QED) is 0.661. The molecule has 84 valence electrons. The second-order valence-electron chi connectivity index (χ2n) is 4.31. The summed E-state index contributed by atoms with van der Waals surface area (Å²) < 4.78 is 0. The maximum absolute atomic E-state index is 11.9. The minimum absolute atomic E-state index is 0.163. The fraction of sp³-hybridized carbons (Fsp3) is 0.909. The number of rotatable bonds is 6. The van der Waals surface area contributed by atoms with E-state index in [2.05, 4.69) is 12.2 Å². The Kier molecular flexibility index (Phi) is 5.77. The molecule has 0 aliphatic rings. The van der Waals surface area contributed by atoms with E-state index in [1.54, 1.807) is 0 Å². The lowest BCUT2D eigenvalue weighted by atomic mass is 10.0. The number of nitrogens with one attached hydrogen (secondary N) is 1. The lowest BCUT2D eigenvalue weighted by molar-refractivity contribution is -0.135. The molecule has 3 nitrogen and oxygen atoms in total. The summed E-state index contributed by atoms with van der Waals surface area (Å²) in [5.74, 6) is 0.163. The fourth-order valence-electron chi connectivity index (χ4n) is 1.28. The summed E-state index contributed by atoms with van der Waals surface area (Å²) in [4.78, 5) is 13.7. The maximum Gasteiger partial charge on any atom is 0.242 e. The van der Waals surface area contributed by atoms with Crippen LogP contribution in [0, 0.1) is 0 Å². The van der Waals surface area contributed by atoms with E-state index in [-0.39, 0.29) is 5.91 Å². The molecule has 0 saturated heterocycles. The van der Waals surface area contributed by atoms with Gasteiger partial charge in [0.2, 0.25) is 5.91 Å². The van der Waals surface area contributed by atoms with Crippen molar-refractivity contribution in [3.05, 3.63) is 0 Å². The lowest BCUT2D eigenvalue weighted by Gasteiger charge is -2.29. The van der Waals surface area contributed by atoms with Gasteiger partial charge in [0.25, 0.3) is 0 Å². The topological polar surface area (TPSA) is 32.3 Å². The summed E-state index contributed by atoms with van der Waals surface area (Å²) in [5.41, 5.74) is -0.443. The number of amides is 1. The monoisotopic (exact) mass is 200 g/mol. The smallest absolute Gasteiger partial charge is 0.242 e. The zero-order valence-electron chi connectivity index (χ0n) is 10.2. The van der Waals surface area contributed by atoms with Gasteiger partial charge in [0.15, 0.2) is 0 Å². The van der Waals surface area contributed by atoms with Crippen molar-refractivity contribution in [2.45, 2.75) is 45.6 Å². The van der Waals surface area contributed by atoms with Crippen molar-refractivity contribution in [2.75, 3.05) is 20.6 Å². The average molecular weight is 200 g/mol. The first-order valence-electron chi connectivity index (χ1n) is 5.40. The molecule has 14 heavy (non-hydrogen) atoms. The highest BCUT2D eigenvalue weighted by atomic mass is 16.2. The molecular formula is C11H24N2O. The molecule has 0 fully saturated rings. The van der Waals surface area contributed by atoms with Gasteiger partial charge >= 0.3 is 0 Å². The number of carbonyl (C=O) groups excluding carboxylic acids is 1. The van der Waals surface area contributed by atoms with Gasteiger partial charge in [-0.25, -0.2) is 0 Å². The Morgan fingerprint density at radius 1 is 1.36 bits per heavy atom. The Labute approximate surface area is 87.9 Å². The molecule has 0 aromatic carbocycles. The summed E-state index contributed by atoms with van der Waals surface area (Å²) >= 11 is 0. The number of nitrogens with zero attached hydrogens (tertiary/aromatic N) is 1. The third kappa shape index (κ3) is 4.09. The standard InChI is InChI=1S/C11H24N2O/c1-6-7-8-9-13(5)10(14)11(2,3)12-4/h12H,6-9H2,1-5H3. The largest absolute Gasteiger partial charge is 0.344 e. The molecule has 0 aromatic rings. The van der Waals surface area contributed by atoms with Crippen molar-refractivity contribution in [1.82, 2.24) is 10.2 Å². The van der Waals surface area contributed by atoms with Crippen molar-refractivity contribution in [2.24, 2.45) is 0 Å². The van der Waals surface area contributed by atoms with E-state index in [4.69, 9.17) is 0 Å². The van der Waals surface area contributed by atoms with Crippen LogP contribution in [-0.2, 0) is 4.79 Å². The number of likely N-dealkylation sites (N-methyl/N-ethyl adjacent to an activating group) is 2. The van der Waals surface area contributed by atoms with Crippen LogP contribution in [0.4, 0.5) is 0 Å². The van der Waals surface area contributed by atoms with E-state index < -0.39 is 5.54 Å². The zero-order chi connectivity index (χ0) is 11.2. The molecule has 0 aliphatic carbocycles. The number of unbranched alkanes of at least 4 members (excludes halogenated alkanes) is 2. The van der Waals surface area contributed by atoms with Crippen molar-refractivity contribution in [1.29, 1.82) is 0 Å². The van der Waals surface area contributed by atoms with E-state index in [0.717, 1.165) is 13.0 Å². The van der Waals surface area contributed by atoms with Gasteiger partial charge in [0.05, 0.1) is 5.54 Å². The van der Waals surface area contributed by atoms with E-state index in [1.807, 2.05) is 32.8 Å². The summed E-state index contributed by atoms with van der Waals surface area (Å²) in [6.45, 7) is 6.84. The minimum atomic E-state index is -0.443.